The fraction of sp³-hybridized carbons (Fsp3) is 0.571. The molecular weight excluding hydrogens is 215 g/mol. The number of halogens is 1. The molecule has 0 aromatic heterocycles. The van der Waals surface area contributed by atoms with E-state index in [4.69, 9.17) is 5.73 Å². The molecule has 1 unspecified atom stereocenters. The zero-order chi connectivity index (χ0) is 12.1. The van der Waals surface area contributed by atoms with Crippen molar-refractivity contribution in [3.8, 4) is 0 Å². The van der Waals surface area contributed by atoms with Gasteiger partial charge < -0.3 is 5.73 Å². The third kappa shape index (κ3) is 3.27. The molecule has 0 spiro atoms. The molecule has 1 aliphatic heterocycles. The van der Waals surface area contributed by atoms with E-state index in [-0.39, 0.29) is 11.9 Å². The lowest BCUT2D eigenvalue weighted by Crippen LogP contribution is -2.34. The number of likely N-dealkylation sites (tertiary alicyclic amines) is 1. The Morgan fingerprint density at radius 3 is 2.18 bits per heavy atom. The summed E-state index contributed by atoms with van der Waals surface area (Å²) in [5, 5.41) is 0. The number of nitrogens with zero attached hydrogens (tertiary/aromatic N) is 1. The van der Waals surface area contributed by atoms with Crippen LogP contribution in [-0.4, -0.2) is 24.5 Å². The summed E-state index contributed by atoms with van der Waals surface area (Å²) in [6.07, 6.45) is 5.13. The minimum absolute atomic E-state index is 0.180. The first kappa shape index (κ1) is 12.5. The van der Waals surface area contributed by atoms with Crippen LogP contribution in [0.3, 0.4) is 0 Å². The Morgan fingerprint density at radius 1 is 1.06 bits per heavy atom. The highest BCUT2D eigenvalue weighted by Crippen LogP contribution is 2.23. The van der Waals surface area contributed by atoms with E-state index in [1.807, 2.05) is 12.1 Å². The van der Waals surface area contributed by atoms with Crippen molar-refractivity contribution in [3.63, 3.8) is 0 Å². The molecule has 1 atom stereocenters. The summed E-state index contributed by atoms with van der Waals surface area (Å²) in [7, 11) is 0. The molecule has 1 fully saturated rings. The van der Waals surface area contributed by atoms with Crippen molar-refractivity contribution in [2.75, 3.05) is 19.6 Å². The van der Waals surface area contributed by atoms with E-state index in [2.05, 4.69) is 4.90 Å². The zero-order valence-corrected chi connectivity index (χ0v) is 10.2. The third-order valence-corrected chi connectivity index (χ3v) is 3.56. The fourth-order valence-corrected chi connectivity index (χ4v) is 2.59. The standard InChI is InChI=1S/C14H21FN2/c15-13-7-5-12(6-8-13)14(11-16)17-9-3-1-2-4-10-17/h5-8,14H,1-4,9-11,16H2. The van der Waals surface area contributed by atoms with Crippen molar-refractivity contribution in [1.29, 1.82) is 0 Å². The van der Waals surface area contributed by atoms with Gasteiger partial charge in [-0.3, -0.25) is 4.90 Å². The van der Waals surface area contributed by atoms with E-state index in [1.54, 1.807) is 0 Å². The molecule has 94 valence electrons. The van der Waals surface area contributed by atoms with Gasteiger partial charge in [-0.1, -0.05) is 25.0 Å². The number of hydrogen-bond acceptors (Lipinski definition) is 2. The smallest absolute Gasteiger partial charge is 0.123 e. The molecule has 0 amide bonds. The van der Waals surface area contributed by atoms with Crippen LogP contribution in [-0.2, 0) is 0 Å². The van der Waals surface area contributed by atoms with Gasteiger partial charge >= 0.3 is 0 Å². The van der Waals surface area contributed by atoms with Gasteiger partial charge in [0, 0.05) is 12.6 Å². The maximum Gasteiger partial charge on any atom is 0.123 e. The van der Waals surface area contributed by atoms with Gasteiger partial charge in [0.2, 0.25) is 0 Å². The van der Waals surface area contributed by atoms with Crippen molar-refractivity contribution >= 4 is 0 Å². The molecule has 1 aromatic rings. The van der Waals surface area contributed by atoms with Gasteiger partial charge in [0.25, 0.3) is 0 Å². The fourth-order valence-electron chi connectivity index (χ4n) is 2.59. The maximum absolute atomic E-state index is 12.9. The number of hydrogen-bond donors (Lipinski definition) is 1. The van der Waals surface area contributed by atoms with Crippen LogP contribution in [0, 0.1) is 5.82 Å². The highest BCUT2D eigenvalue weighted by Gasteiger charge is 2.19. The van der Waals surface area contributed by atoms with E-state index < -0.39 is 0 Å². The first-order valence-corrected chi connectivity index (χ1v) is 6.51. The van der Waals surface area contributed by atoms with Crippen LogP contribution in [0.4, 0.5) is 4.39 Å². The Kier molecular flexibility index (Phi) is 4.51. The highest BCUT2D eigenvalue weighted by atomic mass is 19.1. The van der Waals surface area contributed by atoms with Gasteiger partial charge in [0.15, 0.2) is 0 Å². The predicted octanol–water partition coefficient (Wildman–Crippen LogP) is 2.70. The van der Waals surface area contributed by atoms with Crippen molar-refractivity contribution in [3.05, 3.63) is 35.6 Å². The maximum atomic E-state index is 12.9. The van der Waals surface area contributed by atoms with Crippen LogP contribution in [0.5, 0.6) is 0 Å². The Balaban J connectivity index is 2.11. The molecule has 2 rings (SSSR count). The summed E-state index contributed by atoms with van der Waals surface area (Å²) in [5.41, 5.74) is 7.02. The molecule has 1 saturated heterocycles. The van der Waals surface area contributed by atoms with E-state index >= 15 is 0 Å². The molecule has 0 radical (unpaired) electrons. The molecule has 0 saturated carbocycles. The average Bonchev–Trinajstić information content (AvgIpc) is 2.62. The lowest BCUT2D eigenvalue weighted by Gasteiger charge is -2.30. The van der Waals surface area contributed by atoms with E-state index in [0.29, 0.717) is 6.54 Å². The molecule has 0 aliphatic carbocycles. The predicted molar refractivity (Wildman–Crippen MR) is 68.2 cm³/mol. The normalized spacial score (nSPS) is 19.9. The number of benzene rings is 1. The second-order valence-corrected chi connectivity index (χ2v) is 4.75. The van der Waals surface area contributed by atoms with Gasteiger partial charge in [-0.05, 0) is 43.6 Å². The van der Waals surface area contributed by atoms with Crippen molar-refractivity contribution in [1.82, 2.24) is 4.90 Å². The minimum atomic E-state index is -0.180. The second kappa shape index (κ2) is 6.12. The third-order valence-electron chi connectivity index (χ3n) is 3.56. The van der Waals surface area contributed by atoms with E-state index in [1.165, 1.54) is 37.8 Å². The summed E-state index contributed by atoms with van der Waals surface area (Å²) in [6.45, 7) is 2.82. The molecular formula is C14H21FN2. The van der Waals surface area contributed by atoms with Gasteiger partial charge in [-0.25, -0.2) is 4.39 Å². The summed E-state index contributed by atoms with van der Waals surface area (Å²) in [6, 6.07) is 7.01. The van der Waals surface area contributed by atoms with Crippen molar-refractivity contribution in [2.45, 2.75) is 31.7 Å². The van der Waals surface area contributed by atoms with Crippen LogP contribution < -0.4 is 5.73 Å². The first-order valence-electron chi connectivity index (χ1n) is 6.51. The molecule has 3 heteroatoms. The molecule has 2 nitrogen and oxygen atoms in total. The number of rotatable bonds is 3. The van der Waals surface area contributed by atoms with Crippen LogP contribution >= 0.6 is 0 Å². The molecule has 1 aromatic carbocycles. The van der Waals surface area contributed by atoms with E-state index in [0.717, 1.165) is 18.7 Å². The van der Waals surface area contributed by atoms with Crippen LogP contribution in [0.15, 0.2) is 24.3 Å². The quantitative estimate of drug-likeness (QED) is 0.874. The zero-order valence-electron chi connectivity index (χ0n) is 10.2. The summed E-state index contributed by atoms with van der Waals surface area (Å²) < 4.78 is 12.9. The molecule has 0 bridgehead atoms. The lowest BCUT2D eigenvalue weighted by molar-refractivity contribution is 0.209. The first-order chi connectivity index (χ1) is 8.31. The van der Waals surface area contributed by atoms with Crippen LogP contribution in [0.1, 0.15) is 37.3 Å². The lowest BCUT2D eigenvalue weighted by atomic mass is 10.0. The topological polar surface area (TPSA) is 29.3 Å². The van der Waals surface area contributed by atoms with Gasteiger partial charge in [0.05, 0.1) is 0 Å². The molecule has 1 aliphatic rings. The molecule has 17 heavy (non-hydrogen) atoms. The molecule has 1 heterocycles. The number of nitrogens with two attached hydrogens (primary N) is 1. The highest BCUT2D eigenvalue weighted by molar-refractivity contribution is 5.20. The SMILES string of the molecule is NCC(c1ccc(F)cc1)N1CCCCCC1. The summed E-state index contributed by atoms with van der Waals surface area (Å²) in [4.78, 5) is 2.44. The Morgan fingerprint density at radius 2 is 1.65 bits per heavy atom. The molecule has 2 N–H and O–H groups in total. The van der Waals surface area contributed by atoms with Gasteiger partial charge in [0.1, 0.15) is 5.82 Å². The second-order valence-electron chi connectivity index (χ2n) is 4.75. The van der Waals surface area contributed by atoms with Crippen LogP contribution in [0.2, 0.25) is 0 Å². The van der Waals surface area contributed by atoms with Crippen molar-refractivity contribution in [2.24, 2.45) is 5.73 Å². The average molecular weight is 236 g/mol. The summed E-state index contributed by atoms with van der Waals surface area (Å²) in [5.74, 6) is -0.180. The summed E-state index contributed by atoms with van der Waals surface area (Å²) >= 11 is 0. The minimum Gasteiger partial charge on any atom is -0.329 e. The van der Waals surface area contributed by atoms with E-state index in [9.17, 15) is 4.39 Å². The van der Waals surface area contributed by atoms with Crippen LogP contribution in [0.25, 0.3) is 0 Å². The largest absolute Gasteiger partial charge is 0.329 e. The van der Waals surface area contributed by atoms with Gasteiger partial charge in [-0.15, -0.1) is 0 Å². The Hall–Kier alpha value is -0.930. The van der Waals surface area contributed by atoms with Gasteiger partial charge in [-0.2, -0.15) is 0 Å². The Labute approximate surface area is 103 Å². The van der Waals surface area contributed by atoms with Crippen molar-refractivity contribution < 1.29 is 4.39 Å². The monoisotopic (exact) mass is 236 g/mol. The Bertz CT molecular complexity index is 329.